The molecule has 0 saturated carbocycles. The van der Waals surface area contributed by atoms with Crippen LogP contribution in [0.25, 0.3) is 93.8 Å². The van der Waals surface area contributed by atoms with Gasteiger partial charge in [0, 0.05) is 11.1 Å². The molecule has 0 unspecified atom stereocenters. The van der Waals surface area contributed by atoms with Crippen LogP contribution in [-0.4, -0.2) is 4.98 Å². The highest BCUT2D eigenvalue weighted by molar-refractivity contribution is 5.98. The average Bonchev–Trinajstić information content (AvgIpc) is 3.65. The summed E-state index contributed by atoms with van der Waals surface area (Å²) in [5.41, 5.74) is 14.4. The van der Waals surface area contributed by atoms with Gasteiger partial charge in [-0.15, -0.1) is 0 Å². The van der Waals surface area contributed by atoms with Gasteiger partial charge >= 0.3 is 0 Å². The summed E-state index contributed by atoms with van der Waals surface area (Å²) in [6.07, 6.45) is 0. The van der Waals surface area contributed by atoms with E-state index in [-0.39, 0.29) is 0 Å². The van der Waals surface area contributed by atoms with E-state index in [1.165, 1.54) is 16.3 Å². The van der Waals surface area contributed by atoms with E-state index in [9.17, 15) is 0 Å². The topological polar surface area (TPSA) is 30.4 Å². The van der Waals surface area contributed by atoms with Gasteiger partial charge in [-0.3, -0.25) is 0 Å². The Morgan fingerprint density at radius 1 is 0.392 bits per heavy atom. The van der Waals surface area contributed by atoms with Gasteiger partial charge in [-0.1, -0.05) is 146 Å². The van der Waals surface area contributed by atoms with Crippen LogP contribution in [0.1, 0.15) is 0 Å². The largest absolute Gasteiger partial charge is 0.436 e. The zero-order chi connectivity index (χ0) is 34.1. The zero-order valence-electron chi connectivity index (χ0n) is 27.6. The number of benzene rings is 8. The van der Waals surface area contributed by atoms with Gasteiger partial charge in [-0.25, -0.2) is 9.83 Å². The van der Waals surface area contributed by atoms with Crippen molar-refractivity contribution in [3.05, 3.63) is 193 Å². The molecule has 0 amide bonds. The monoisotopic (exact) mass is 650 g/mol. The molecule has 0 radical (unpaired) electrons. The van der Waals surface area contributed by atoms with Gasteiger partial charge in [-0.2, -0.15) is 0 Å². The SMILES string of the molecule is [C-]#[N+]c1ccc(-c2ccc(-c3ccc4ccc(-c5cc(-c6ccccc6)c6nc(-c7ccc(-c8ccccc8)cc7)oc6c5)cc4c3)cc2)cc1. The Bertz CT molecular complexity index is 2700. The lowest BCUT2D eigenvalue weighted by molar-refractivity contribution is 0.620. The Balaban J connectivity index is 1.08. The normalized spacial score (nSPS) is 11.1. The van der Waals surface area contributed by atoms with Gasteiger partial charge in [0.1, 0.15) is 5.52 Å². The quantitative estimate of drug-likeness (QED) is 0.168. The van der Waals surface area contributed by atoms with E-state index in [0.717, 1.165) is 66.7 Å². The minimum absolute atomic E-state index is 0.605. The molecule has 0 atom stereocenters. The summed E-state index contributed by atoms with van der Waals surface area (Å²) in [4.78, 5) is 8.55. The van der Waals surface area contributed by atoms with E-state index in [1.807, 2.05) is 36.4 Å². The molecular formula is C48H30N2O. The summed E-state index contributed by atoms with van der Waals surface area (Å²) < 4.78 is 6.52. The van der Waals surface area contributed by atoms with Crippen molar-refractivity contribution in [2.75, 3.05) is 0 Å². The summed E-state index contributed by atoms with van der Waals surface area (Å²) >= 11 is 0. The maximum Gasteiger partial charge on any atom is 0.227 e. The molecule has 0 N–H and O–H groups in total. The Hall–Kier alpha value is -7.02. The van der Waals surface area contributed by atoms with Gasteiger partial charge in [0.25, 0.3) is 0 Å². The van der Waals surface area contributed by atoms with Crippen molar-refractivity contribution in [2.24, 2.45) is 0 Å². The predicted octanol–water partition coefficient (Wildman–Crippen LogP) is 13.5. The molecule has 1 aromatic heterocycles. The second-order valence-electron chi connectivity index (χ2n) is 12.7. The molecule has 0 fully saturated rings. The van der Waals surface area contributed by atoms with Crippen LogP contribution < -0.4 is 0 Å². The number of oxazole rings is 1. The molecule has 0 bridgehead atoms. The Labute approximate surface area is 296 Å². The second-order valence-corrected chi connectivity index (χ2v) is 12.7. The number of fused-ring (bicyclic) bond motifs is 2. The lowest BCUT2D eigenvalue weighted by Crippen LogP contribution is -1.86. The van der Waals surface area contributed by atoms with Gasteiger partial charge < -0.3 is 4.42 Å². The molecule has 51 heavy (non-hydrogen) atoms. The number of hydrogen-bond donors (Lipinski definition) is 0. The van der Waals surface area contributed by atoms with Crippen molar-refractivity contribution in [3.8, 4) is 67.1 Å². The molecule has 8 aromatic carbocycles. The van der Waals surface area contributed by atoms with Crippen LogP contribution in [0, 0.1) is 6.57 Å². The molecular weight excluding hydrogens is 621 g/mol. The van der Waals surface area contributed by atoms with Gasteiger partial charge in [0.05, 0.1) is 6.57 Å². The summed E-state index contributed by atoms with van der Waals surface area (Å²) in [5, 5.41) is 2.35. The first kappa shape index (κ1) is 30.1. The van der Waals surface area contributed by atoms with Crippen LogP contribution in [0.5, 0.6) is 0 Å². The second kappa shape index (κ2) is 12.8. The fourth-order valence-corrected chi connectivity index (χ4v) is 6.78. The number of nitrogens with zero attached hydrogens (tertiary/aromatic N) is 2. The first-order valence-corrected chi connectivity index (χ1v) is 17.0. The Kier molecular flexibility index (Phi) is 7.54. The smallest absolute Gasteiger partial charge is 0.227 e. The van der Waals surface area contributed by atoms with Crippen LogP contribution in [0.15, 0.2) is 186 Å². The third-order valence-corrected chi connectivity index (χ3v) is 9.54. The molecule has 0 aliphatic carbocycles. The molecule has 0 aliphatic heterocycles. The molecule has 9 rings (SSSR count). The fraction of sp³-hybridized carbons (Fsp3) is 0. The van der Waals surface area contributed by atoms with Crippen molar-refractivity contribution in [3.63, 3.8) is 0 Å². The molecule has 1 heterocycles. The molecule has 3 heteroatoms. The summed E-state index contributed by atoms with van der Waals surface area (Å²) in [6, 6.07) is 63.2. The maximum absolute atomic E-state index is 7.21. The highest BCUT2D eigenvalue weighted by atomic mass is 16.3. The average molecular weight is 651 g/mol. The highest BCUT2D eigenvalue weighted by Gasteiger charge is 2.16. The number of rotatable bonds is 6. The van der Waals surface area contributed by atoms with Gasteiger partial charge in [-0.05, 0) is 97.2 Å². The maximum atomic E-state index is 7.21. The molecule has 0 saturated heterocycles. The van der Waals surface area contributed by atoms with Crippen molar-refractivity contribution in [2.45, 2.75) is 0 Å². The fourth-order valence-electron chi connectivity index (χ4n) is 6.78. The summed E-state index contributed by atoms with van der Waals surface area (Å²) in [7, 11) is 0. The van der Waals surface area contributed by atoms with Crippen LogP contribution in [-0.2, 0) is 0 Å². The van der Waals surface area contributed by atoms with Crippen molar-refractivity contribution in [1.82, 2.24) is 4.98 Å². The highest BCUT2D eigenvalue weighted by Crippen LogP contribution is 2.38. The number of hydrogen-bond acceptors (Lipinski definition) is 2. The zero-order valence-corrected chi connectivity index (χ0v) is 27.6. The van der Waals surface area contributed by atoms with Crippen LogP contribution in [0.2, 0.25) is 0 Å². The van der Waals surface area contributed by atoms with E-state index in [2.05, 4.69) is 150 Å². The lowest BCUT2D eigenvalue weighted by Gasteiger charge is -2.10. The van der Waals surface area contributed by atoms with E-state index >= 15 is 0 Å². The molecule has 9 aromatic rings. The van der Waals surface area contributed by atoms with E-state index in [0.29, 0.717) is 11.6 Å². The van der Waals surface area contributed by atoms with E-state index < -0.39 is 0 Å². The van der Waals surface area contributed by atoms with Crippen LogP contribution in [0.3, 0.4) is 0 Å². The molecule has 0 aliphatic rings. The van der Waals surface area contributed by atoms with Crippen molar-refractivity contribution in [1.29, 1.82) is 0 Å². The third-order valence-electron chi connectivity index (χ3n) is 9.54. The predicted molar refractivity (Wildman–Crippen MR) is 210 cm³/mol. The molecule has 3 nitrogen and oxygen atoms in total. The van der Waals surface area contributed by atoms with Crippen LogP contribution >= 0.6 is 0 Å². The lowest BCUT2D eigenvalue weighted by atomic mass is 9.94. The Morgan fingerprint density at radius 2 is 0.863 bits per heavy atom. The van der Waals surface area contributed by atoms with E-state index in [1.54, 1.807) is 0 Å². The molecule has 238 valence electrons. The van der Waals surface area contributed by atoms with Crippen LogP contribution in [0.4, 0.5) is 5.69 Å². The van der Waals surface area contributed by atoms with Crippen molar-refractivity contribution < 1.29 is 4.42 Å². The summed E-state index contributed by atoms with van der Waals surface area (Å²) in [5.74, 6) is 0.605. The first-order valence-electron chi connectivity index (χ1n) is 17.0. The van der Waals surface area contributed by atoms with E-state index in [4.69, 9.17) is 16.0 Å². The Morgan fingerprint density at radius 3 is 1.45 bits per heavy atom. The minimum atomic E-state index is 0.605. The number of aromatic nitrogens is 1. The van der Waals surface area contributed by atoms with Gasteiger partial charge in [0.2, 0.25) is 5.89 Å². The van der Waals surface area contributed by atoms with Crippen molar-refractivity contribution >= 4 is 27.6 Å². The first-order chi connectivity index (χ1) is 25.2. The summed E-state index contributed by atoms with van der Waals surface area (Å²) in [6.45, 7) is 7.21. The third kappa shape index (κ3) is 5.86. The van der Waals surface area contributed by atoms with Gasteiger partial charge in [0.15, 0.2) is 11.3 Å². The minimum Gasteiger partial charge on any atom is -0.436 e. The standard InChI is InChI=1S/C48H30N2O/c1-49-44-26-24-35(25-27-44)34-12-14-36(15-13-34)40-22-18-37-19-23-41(29-42(37)28-40)43-30-45(38-10-6-3-7-11-38)47-46(31-43)51-48(50-47)39-20-16-33(17-21-39)32-8-4-2-5-9-32/h2-31H. The molecule has 0 spiro atoms.